The van der Waals surface area contributed by atoms with Gasteiger partial charge in [-0.2, -0.15) is 0 Å². The van der Waals surface area contributed by atoms with Gasteiger partial charge in [0, 0.05) is 18.3 Å². The quantitative estimate of drug-likeness (QED) is 0.524. The minimum atomic E-state index is -0.554. The maximum Gasteiger partial charge on any atom is 0.269 e. The predicted octanol–water partition coefficient (Wildman–Crippen LogP) is 2.44. The standard InChI is InChI=1S/C14H11N3O3/c15-14(18)12-3-1-2-4-13(12)16-9-10-5-7-11(8-6-10)17(19)20/h1-9H,(H2,15,18). The molecule has 0 bridgehead atoms. The van der Waals surface area contributed by atoms with E-state index in [0.29, 0.717) is 16.8 Å². The van der Waals surface area contributed by atoms with Gasteiger partial charge in [0.15, 0.2) is 0 Å². The van der Waals surface area contributed by atoms with Crippen LogP contribution >= 0.6 is 0 Å². The van der Waals surface area contributed by atoms with E-state index in [1.165, 1.54) is 18.3 Å². The van der Waals surface area contributed by atoms with Crippen LogP contribution in [0.25, 0.3) is 0 Å². The Balaban J connectivity index is 2.25. The third-order valence-electron chi connectivity index (χ3n) is 2.63. The second-order valence-electron chi connectivity index (χ2n) is 3.99. The zero-order chi connectivity index (χ0) is 14.5. The van der Waals surface area contributed by atoms with E-state index in [9.17, 15) is 14.9 Å². The number of rotatable bonds is 4. The number of nitro groups is 1. The van der Waals surface area contributed by atoms with E-state index in [1.54, 1.807) is 36.4 Å². The van der Waals surface area contributed by atoms with Gasteiger partial charge in [0.2, 0.25) is 0 Å². The molecule has 2 rings (SSSR count). The van der Waals surface area contributed by atoms with Crippen molar-refractivity contribution in [1.29, 1.82) is 0 Å². The monoisotopic (exact) mass is 269 g/mol. The molecule has 2 aromatic carbocycles. The highest BCUT2D eigenvalue weighted by Crippen LogP contribution is 2.18. The molecule has 20 heavy (non-hydrogen) atoms. The third kappa shape index (κ3) is 3.05. The number of nitro benzene ring substituents is 1. The van der Waals surface area contributed by atoms with E-state index in [1.807, 2.05) is 0 Å². The smallest absolute Gasteiger partial charge is 0.269 e. The number of hydrogen-bond acceptors (Lipinski definition) is 4. The van der Waals surface area contributed by atoms with Crippen LogP contribution in [-0.4, -0.2) is 17.0 Å². The van der Waals surface area contributed by atoms with E-state index in [-0.39, 0.29) is 5.69 Å². The zero-order valence-electron chi connectivity index (χ0n) is 10.4. The fraction of sp³-hybridized carbons (Fsp3) is 0. The summed E-state index contributed by atoms with van der Waals surface area (Å²) >= 11 is 0. The molecule has 0 saturated heterocycles. The highest BCUT2D eigenvalue weighted by molar-refractivity contribution is 5.98. The van der Waals surface area contributed by atoms with Crippen molar-refractivity contribution in [3.05, 3.63) is 69.8 Å². The van der Waals surface area contributed by atoms with Crippen LogP contribution in [0.15, 0.2) is 53.5 Å². The molecule has 0 atom stereocenters. The van der Waals surface area contributed by atoms with Crippen LogP contribution in [0.3, 0.4) is 0 Å². The maximum absolute atomic E-state index is 11.2. The number of primary amides is 1. The van der Waals surface area contributed by atoms with Crippen LogP contribution in [0.4, 0.5) is 11.4 Å². The molecule has 2 aromatic rings. The first kappa shape index (κ1) is 13.4. The SMILES string of the molecule is NC(=O)c1ccccc1N=Cc1ccc([N+](=O)[O-])cc1. The van der Waals surface area contributed by atoms with Gasteiger partial charge in [-0.3, -0.25) is 19.9 Å². The highest BCUT2D eigenvalue weighted by atomic mass is 16.6. The molecule has 0 fully saturated rings. The molecular formula is C14H11N3O3. The molecule has 1 amide bonds. The minimum Gasteiger partial charge on any atom is -0.366 e. The largest absolute Gasteiger partial charge is 0.366 e. The molecule has 100 valence electrons. The summed E-state index contributed by atoms with van der Waals surface area (Å²) in [5.74, 6) is -0.554. The molecule has 2 N–H and O–H groups in total. The van der Waals surface area contributed by atoms with E-state index >= 15 is 0 Å². The van der Waals surface area contributed by atoms with Gasteiger partial charge in [0.1, 0.15) is 0 Å². The van der Waals surface area contributed by atoms with E-state index < -0.39 is 10.8 Å². The number of aliphatic imine (C=N–C) groups is 1. The second kappa shape index (κ2) is 5.75. The summed E-state index contributed by atoms with van der Waals surface area (Å²) in [5.41, 5.74) is 6.73. The van der Waals surface area contributed by atoms with Gasteiger partial charge in [-0.25, -0.2) is 0 Å². The number of carbonyl (C=O) groups excluding carboxylic acids is 1. The summed E-state index contributed by atoms with van der Waals surface area (Å²) in [6.45, 7) is 0. The predicted molar refractivity (Wildman–Crippen MR) is 75.3 cm³/mol. The molecule has 0 heterocycles. The van der Waals surface area contributed by atoms with Crippen molar-refractivity contribution < 1.29 is 9.72 Å². The number of non-ortho nitro benzene ring substituents is 1. The van der Waals surface area contributed by atoms with E-state index in [4.69, 9.17) is 5.73 Å². The molecule has 0 aliphatic carbocycles. The van der Waals surface area contributed by atoms with E-state index in [0.717, 1.165) is 0 Å². The number of hydrogen-bond donors (Lipinski definition) is 1. The van der Waals surface area contributed by atoms with Crippen molar-refractivity contribution in [2.24, 2.45) is 10.7 Å². The van der Waals surface area contributed by atoms with Crippen molar-refractivity contribution in [2.45, 2.75) is 0 Å². The molecule has 0 aliphatic rings. The topological polar surface area (TPSA) is 98.6 Å². The van der Waals surface area contributed by atoms with Crippen LogP contribution < -0.4 is 5.73 Å². The van der Waals surface area contributed by atoms with Crippen LogP contribution in [0.5, 0.6) is 0 Å². The Morgan fingerprint density at radius 1 is 1.15 bits per heavy atom. The van der Waals surface area contributed by atoms with Crippen molar-refractivity contribution in [2.75, 3.05) is 0 Å². The molecule has 0 unspecified atom stereocenters. The van der Waals surface area contributed by atoms with Crippen molar-refractivity contribution >= 4 is 23.5 Å². The zero-order valence-corrected chi connectivity index (χ0v) is 10.4. The summed E-state index contributed by atoms with van der Waals surface area (Å²) < 4.78 is 0. The maximum atomic E-state index is 11.2. The van der Waals surface area contributed by atoms with Crippen LogP contribution in [0, 0.1) is 10.1 Å². The first-order valence-electron chi connectivity index (χ1n) is 5.75. The normalized spacial score (nSPS) is 10.6. The number of benzene rings is 2. The van der Waals surface area contributed by atoms with Crippen LogP contribution in [0.1, 0.15) is 15.9 Å². The number of nitrogens with two attached hydrogens (primary N) is 1. The van der Waals surface area contributed by atoms with Gasteiger partial charge in [-0.05, 0) is 29.8 Å². The molecule has 0 aliphatic heterocycles. The second-order valence-corrected chi connectivity index (χ2v) is 3.99. The number of para-hydroxylation sites is 1. The summed E-state index contributed by atoms with van der Waals surface area (Å²) in [4.78, 5) is 25.5. The Morgan fingerprint density at radius 2 is 1.80 bits per heavy atom. The summed E-state index contributed by atoms with van der Waals surface area (Å²) in [6, 6.07) is 12.6. The number of nitrogens with zero attached hydrogens (tertiary/aromatic N) is 2. The van der Waals surface area contributed by atoms with Gasteiger partial charge in [0.25, 0.3) is 11.6 Å². The minimum absolute atomic E-state index is 0.0136. The van der Waals surface area contributed by atoms with Gasteiger partial charge >= 0.3 is 0 Å². The molecule has 0 aromatic heterocycles. The lowest BCUT2D eigenvalue weighted by molar-refractivity contribution is -0.384. The lowest BCUT2D eigenvalue weighted by Crippen LogP contribution is -2.10. The molecule has 0 radical (unpaired) electrons. The van der Waals surface area contributed by atoms with Gasteiger partial charge < -0.3 is 5.73 Å². The van der Waals surface area contributed by atoms with Gasteiger partial charge in [-0.1, -0.05) is 12.1 Å². The Hall–Kier alpha value is -3.02. The molecule has 6 heteroatoms. The Bertz CT molecular complexity index is 678. The van der Waals surface area contributed by atoms with E-state index in [2.05, 4.69) is 4.99 Å². The van der Waals surface area contributed by atoms with Crippen molar-refractivity contribution in [1.82, 2.24) is 0 Å². The van der Waals surface area contributed by atoms with Gasteiger partial charge in [-0.15, -0.1) is 0 Å². The van der Waals surface area contributed by atoms with Crippen LogP contribution in [0.2, 0.25) is 0 Å². The first-order valence-corrected chi connectivity index (χ1v) is 5.75. The van der Waals surface area contributed by atoms with Crippen molar-refractivity contribution in [3.8, 4) is 0 Å². The van der Waals surface area contributed by atoms with Crippen molar-refractivity contribution in [3.63, 3.8) is 0 Å². The lowest BCUT2D eigenvalue weighted by Gasteiger charge is -2.00. The fourth-order valence-corrected chi connectivity index (χ4v) is 1.62. The third-order valence-corrected chi connectivity index (χ3v) is 2.63. The number of amides is 1. The fourth-order valence-electron chi connectivity index (χ4n) is 1.62. The average molecular weight is 269 g/mol. The summed E-state index contributed by atoms with van der Waals surface area (Å²) in [6.07, 6.45) is 1.52. The molecule has 0 spiro atoms. The molecule has 6 nitrogen and oxygen atoms in total. The average Bonchev–Trinajstić information content (AvgIpc) is 2.45. The van der Waals surface area contributed by atoms with Crippen LogP contribution in [-0.2, 0) is 0 Å². The molecule has 0 saturated carbocycles. The first-order chi connectivity index (χ1) is 9.58. The highest BCUT2D eigenvalue weighted by Gasteiger charge is 2.06. The van der Waals surface area contributed by atoms with Gasteiger partial charge in [0.05, 0.1) is 16.2 Å². The Morgan fingerprint density at radius 3 is 2.40 bits per heavy atom. The lowest BCUT2D eigenvalue weighted by atomic mass is 10.1. The Kier molecular flexibility index (Phi) is 3.85. The Labute approximate surface area is 114 Å². The molecular weight excluding hydrogens is 258 g/mol. The summed E-state index contributed by atoms with van der Waals surface area (Å²) in [5, 5.41) is 10.5. The summed E-state index contributed by atoms with van der Waals surface area (Å²) in [7, 11) is 0. The number of carbonyl (C=O) groups is 1.